The molecule has 0 radical (unpaired) electrons. The van der Waals surface area contributed by atoms with Crippen LogP contribution in [0.15, 0.2) is 36.7 Å². The van der Waals surface area contributed by atoms with Gasteiger partial charge in [0, 0.05) is 43.2 Å². The van der Waals surface area contributed by atoms with Crippen LogP contribution in [0, 0.1) is 11.2 Å². The molecule has 36 heavy (non-hydrogen) atoms. The number of aliphatic carboxylic acids is 1. The molecule has 3 heterocycles. The molecule has 1 amide bonds. The predicted octanol–water partition coefficient (Wildman–Crippen LogP) is 3.53. The van der Waals surface area contributed by atoms with Crippen LogP contribution >= 0.6 is 0 Å². The topological polar surface area (TPSA) is 95.9 Å². The van der Waals surface area contributed by atoms with Gasteiger partial charge < -0.3 is 19.6 Å². The maximum Gasteiger partial charge on any atom is 0.490 e. The van der Waals surface area contributed by atoms with Gasteiger partial charge in [-0.25, -0.2) is 19.2 Å². The number of carboxylic acids is 1. The van der Waals surface area contributed by atoms with E-state index in [-0.39, 0.29) is 18.1 Å². The number of nitrogens with zero attached hydrogens (tertiary/aromatic N) is 4. The van der Waals surface area contributed by atoms with Crippen molar-refractivity contribution in [3.05, 3.63) is 48.2 Å². The lowest BCUT2D eigenvalue weighted by molar-refractivity contribution is -0.192. The monoisotopic (exact) mass is 524 g/mol. The van der Waals surface area contributed by atoms with Crippen molar-refractivity contribution < 1.29 is 50.2 Å². The summed E-state index contributed by atoms with van der Waals surface area (Å²) < 4.78 is 89.7. The van der Waals surface area contributed by atoms with Crippen molar-refractivity contribution in [3.63, 3.8) is 0 Å². The van der Waals surface area contributed by atoms with Crippen molar-refractivity contribution in [1.82, 2.24) is 9.97 Å². The number of anilines is 2. The van der Waals surface area contributed by atoms with E-state index in [0.717, 1.165) is 12.4 Å². The van der Waals surface area contributed by atoms with E-state index in [0.29, 0.717) is 38.5 Å². The molecule has 1 aromatic carbocycles. The Kier molecular flexibility index (Phi) is 7.71. The Hall–Kier alpha value is -3.49. The number of ether oxygens (including phenoxy) is 1. The molecule has 1 spiro atoms. The van der Waals surface area contributed by atoms with Crippen LogP contribution in [0.2, 0.25) is 0 Å². The third kappa shape index (κ3) is 6.59. The van der Waals surface area contributed by atoms with E-state index in [9.17, 15) is 35.5 Å². The summed E-state index contributed by atoms with van der Waals surface area (Å²) in [7, 11) is 0. The lowest BCUT2D eigenvalue weighted by Gasteiger charge is -2.32. The maximum absolute atomic E-state index is 13.2. The molecule has 0 bridgehead atoms. The van der Waals surface area contributed by atoms with Crippen molar-refractivity contribution in [3.8, 4) is 0 Å². The number of hydrogen-bond donors (Lipinski definition) is 1. The molecule has 4 rings (SSSR count). The number of rotatable bonds is 2. The number of carbonyl (C=O) groups excluding carboxylic acids is 1. The summed E-state index contributed by atoms with van der Waals surface area (Å²) in [6, 6.07) is 6.53. The molecule has 0 aliphatic carbocycles. The van der Waals surface area contributed by atoms with Gasteiger partial charge in [-0.3, -0.25) is 4.79 Å². The molecule has 1 aromatic heterocycles. The normalized spacial score (nSPS) is 20.7. The van der Waals surface area contributed by atoms with Crippen molar-refractivity contribution in [2.45, 2.75) is 18.8 Å². The Morgan fingerprint density at radius 1 is 1.06 bits per heavy atom. The molecule has 1 N–H and O–H groups in total. The van der Waals surface area contributed by atoms with Crippen LogP contribution in [0.4, 0.5) is 42.2 Å². The molecular formula is C21H19F7N4O4. The van der Waals surface area contributed by atoms with Crippen LogP contribution in [0.5, 0.6) is 0 Å². The molecule has 2 fully saturated rings. The number of benzene rings is 1. The average molecular weight is 524 g/mol. The first-order valence-corrected chi connectivity index (χ1v) is 10.3. The second kappa shape index (κ2) is 10.2. The second-order valence-electron chi connectivity index (χ2n) is 8.17. The number of carboxylic acid groups (broad SMARTS) is 1. The Bertz CT molecular complexity index is 1090. The first-order chi connectivity index (χ1) is 16.7. The molecular weight excluding hydrogens is 505 g/mol. The summed E-state index contributed by atoms with van der Waals surface area (Å²) >= 11 is 0. The minimum atomic E-state index is -5.08. The quantitative estimate of drug-likeness (QED) is 0.601. The van der Waals surface area contributed by atoms with Crippen LogP contribution in [0.3, 0.4) is 0 Å². The van der Waals surface area contributed by atoms with Crippen LogP contribution < -0.4 is 9.80 Å². The zero-order chi connectivity index (χ0) is 26.7. The molecule has 2 aliphatic heterocycles. The van der Waals surface area contributed by atoms with Crippen LogP contribution in [-0.4, -0.2) is 66.0 Å². The van der Waals surface area contributed by atoms with E-state index in [4.69, 9.17) is 14.6 Å². The van der Waals surface area contributed by atoms with Gasteiger partial charge >= 0.3 is 18.3 Å². The van der Waals surface area contributed by atoms with Crippen molar-refractivity contribution in [2.75, 3.05) is 42.6 Å². The summed E-state index contributed by atoms with van der Waals surface area (Å²) in [6.07, 6.45) is -8.58. The van der Waals surface area contributed by atoms with Gasteiger partial charge in [0.25, 0.3) is 0 Å². The zero-order valence-electron chi connectivity index (χ0n) is 18.3. The lowest BCUT2D eigenvalue weighted by atomic mass is 9.87. The van der Waals surface area contributed by atoms with E-state index < -0.39 is 35.2 Å². The summed E-state index contributed by atoms with van der Waals surface area (Å²) in [4.78, 5) is 32.1. The Labute approximate surface area is 199 Å². The highest BCUT2D eigenvalue weighted by Crippen LogP contribution is 2.38. The number of carbonyl (C=O) groups is 2. The van der Waals surface area contributed by atoms with Crippen molar-refractivity contribution in [1.29, 1.82) is 0 Å². The average Bonchev–Trinajstić information content (AvgIpc) is 2.97. The molecule has 8 nitrogen and oxygen atoms in total. The Balaban J connectivity index is 0.000000454. The lowest BCUT2D eigenvalue weighted by Crippen LogP contribution is -2.41. The summed E-state index contributed by atoms with van der Waals surface area (Å²) in [5.74, 6) is -3.15. The molecule has 15 heteroatoms. The number of halogens is 7. The minimum absolute atomic E-state index is 0.138. The maximum atomic E-state index is 13.2. The third-order valence-corrected chi connectivity index (χ3v) is 5.41. The van der Waals surface area contributed by atoms with Gasteiger partial charge in [0.1, 0.15) is 23.7 Å². The summed E-state index contributed by atoms with van der Waals surface area (Å²) in [6.45, 7) is 1.58. The van der Waals surface area contributed by atoms with Crippen molar-refractivity contribution in [2.24, 2.45) is 5.41 Å². The van der Waals surface area contributed by atoms with Crippen LogP contribution in [0.1, 0.15) is 12.1 Å². The first-order valence-electron chi connectivity index (χ1n) is 10.3. The summed E-state index contributed by atoms with van der Waals surface area (Å²) in [5, 5.41) is 7.12. The molecule has 2 aliphatic rings. The standard InChI is InChI=1S/C19H18F4N4O2.C2HF3O2/c20-13-1-3-14(4-2-13)27-10-18(8-17(27)28)9-26(5-6-29-11-18)16-7-15(19(21,22)23)24-12-25-16;3-2(4,5)1(6)7/h1-4,7,12H,5-6,8-11H2;(H,6,7). The number of alkyl halides is 6. The molecule has 1 unspecified atom stereocenters. The Morgan fingerprint density at radius 2 is 1.69 bits per heavy atom. The molecule has 2 aromatic rings. The molecule has 196 valence electrons. The highest BCUT2D eigenvalue weighted by Gasteiger charge is 2.46. The SMILES string of the molecule is O=C(O)C(F)(F)F.O=C1CC2(COCCN(c3cc(C(F)(F)F)ncn3)C2)CN1c1ccc(F)cc1. The predicted molar refractivity (Wildman–Crippen MR) is 110 cm³/mol. The Morgan fingerprint density at radius 3 is 2.28 bits per heavy atom. The minimum Gasteiger partial charge on any atom is -0.475 e. The van der Waals surface area contributed by atoms with Crippen molar-refractivity contribution >= 4 is 23.4 Å². The van der Waals surface area contributed by atoms with Crippen LogP contribution in [-0.2, 0) is 20.5 Å². The van der Waals surface area contributed by atoms with Crippen LogP contribution in [0.25, 0.3) is 0 Å². The zero-order valence-corrected chi connectivity index (χ0v) is 18.3. The van der Waals surface area contributed by atoms with E-state index in [1.807, 2.05) is 0 Å². The van der Waals surface area contributed by atoms with Gasteiger partial charge in [0.05, 0.1) is 13.2 Å². The highest BCUT2D eigenvalue weighted by molar-refractivity contribution is 5.96. The fraction of sp³-hybridized carbons (Fsp3) is 0.429. The number of hydrogen-bond acceptors (Lipinski definition) is 6. The van der Waals surface area contributed by atoms with Gasteiger partial charge in [-0.2, -0.15) is 26.3 Å². The molecule has 1 atom stereocenters. The van der Waals surface area contributed by atoms with Gasteiger partial charge in [-0.1, -0.05) is 0 Å². The van der Waals surface area contributed by atoms with E-state index >= 15 is 0 Å². The fourth-order valence-electron chi connectivity index (χ4n) is 3.82. The van der Waals surface area contributed by atoms with Gasteiger partial charge in [0.2, 0.25) is 5.91 Å². The van der Waals surface area contributed by atoms with E-state index in [1.165, 1.54) is 24.3 Å². The van der Waals surface area contributed by atoms with E-state index in [1.54, 1.807) is 9.80 Å². The number of aromatic nitrogens is 2. The molecule has 2 saturated heterocycles. The van der Waals surface area contributed by atoms with Gasteiger partial charge in [-0.05, 0) is 24.3 Å². The largest absolute Gasteiger partial charge is 0.490 e. The second-order valence-corrected chi connectivity index (χ2v) is 8.17. The first kappa shape index (κ1) is 27.1. The highest BCUT2D eigenvalue weighted by atomic mass is 19.4. The van der Waals surface area contributed by atoms with E-state index in [2.05, 4.69) is 9.97 Å². The third-order valence-electron chi connectivity index (χ3n) is 5.41. The smallest absolute Gasteiger partial charge is 0.475 e. The summed E-state index contributed by atoms with van der Waals surface area (Å²) in [5.41, 5.74) is -1.05. The van der Waals surface area contributed by atoms with Gasteiger partial charge in [0.15, 0.2) is 0 Å². The number of amides is 1. The fourth-order valence-corrected chi connectivity index (χ4v) is 3.82. The van der Waals surface area contributed by atoms with Gasteiger partial charge in [-0.15, -0.1) is 0 Å². The molecule has 0 saturated carbocycles.